The quantitative estimate of drug-likeness (QED) is 0.656. The maximum absolute atomic E-state index is 11.8. The third-order valence-corrected chi connectivity index (χ3v) is 3.58. The highest BCUT2D eigenvalue weighted by molar-refractivity contribution is 5.99. The minimum absolute atomic E-state index is 0.0591. The van der Waals surface area contributed by atoms with Crippen LogP contribution in [0.4, 0.5) is 0 Å². The van der Waals surface area contributed by atoms with Gasteiger partial charge in [0.25, 0.3) is 5.91 Å². The Morgan fingerprint density at radius 3 is 2.48 bits per heavy atom. The molecule has 2 aromatic rings. The molecule has 0 aliphatic heterocycles. The van der Waals surface area contributed by atoms with Crippen LogP contribution in [-0.2, 0) is 11.2 Å². The van der Waals surface area contributed by atoms with E-state index in [0.717, 1.165) is 23.3 Å². The normalized spacial score (nSPS) is 11.2. The van der Waals surface area contributed by atoms with Crippen LogP contribution in [0.2, 0.25) is 0 Å². The van der Waals surface area contributed by atoms with Gasteiger partial charge in [-0.3, -0.25) is 4.79 Å². The average Bonchev–Trinajstić information content (AvgIpc) is 2.59. The number of rotatable bonds is 6. The van der Waals surface area contributed by atoms with Crippen LogP contribution in [0.5, 0.6) is 5.75 Å². The molecule has 4 nitrogen and oxygen atoms in total. The van der Waals surface area contributed by atoms with E-state index in [9.17, 15) is 4.79 Å². The predicted octanol–water partition coefficient (Wildman–Crippen LogP) is 3.48. The Kier molecular flexibility index (Phi) is 5.92. The van der Waals surface area contributed by atoms with Crippen molar-refractivity contribution in [3.63, 3.8) is 0 Å². The van der Waals surface area contributed by atoms with E-state index < -0.39 is 0 Å². The Morgan fingerprint density at radius 1 is 1.13 bits per heavy atom. The molecular weight excluding hydrogens is 288 g/mol. The number of carbonyl (C=O) groups excluding carboxylic acids is 1. The smallest absolute Gasteiger partial charge is 0.277 e. The summed E-state index contributed by atoms with van der Waals surface area (Å²) in [6.45, 7) is 5.86. The molecule has 0 atom stereocenters. The molecule has 1 N–H and O–H groups in total. The van der Waals surface area contributed by atoms with E-state index in [-0.39, 0.29) is 12.5 Å². The number of nitrogens with zero attached hydrogens (tertiary/aromatic N) is 1. The third kappa shape index (κ3) is 4.95. The van der Waals surface area contributed by atoms with E-state index in [4.69, 9.17) is 4.74 Å². The average molecular weight is 310 g/mol. The maximum Gasteiger partial charge on any atom is 0.277 e. The molecule has 23 heavy (non-hydrogen) atoms. The largest absolute Gasteiger partial charge is 0.483 e. The summed E-state index contributed by atoms with van der Waals surface area (Å²) in [4.78, 5) is 11.8. The summed E-state index contributed by atoms with van der Waals surface area (Å²) in [5, 5.41) is 4.12. The lowest BCUT2D eigenvalue weighted by atomic mass is 10.1. The standard InChI is InChI=1S/C19H22N2O2/c1-4-16-9-11-17(12-10-16)15(3)20-21-19(22)13-23-18-8-6-5-7-14(18)2/h5-12H,4,13H2,1-3H3,(H,21,22)/b20-15-. The molecule has 0 aromatic heterocycles. The zero-order valence-corrected chi connectivity index (χ0v) is 13.8. The second kappa shape index (κ2) is 8.13. The second-order valence-electron chi connectivity index (χ2n) is 5.34. The molecule has 0 bridgehead atoms. The Hall–Kier alpha value is -2.62. The van der Waals surface area contributed by atoms with Crippen molar-refractivity contribution in [2.45, 2.75) is 27.2 Å². The molecule has 0 spiro atoms. The van der Waals surface area contributed by atoms with E-state index >= 15 is 0 Å². The fraction of sp³-hybridized carbons (Fsp3) is 0.263. The zero-order valence-electron chi connectivity index (χ0n) is 13.8. The number of carbonyl (C=O) groups is 1. The fourth-order valence-corrected chi connectivity index (χ4v) is 2.09. The highest BCUT2D eigenvalue weighted by Crippen LogP contribution is 2.15. The molecule has 1 amide bonds. The summed E-state index contributed by atoms with van der Waals surface area (Å²) in [6, 6.07) is 15.7. The van der Waals surface area contributed by atoms with Gasteiger partial charge in [-0.15, -0.1) is 0 Å². The number of benzene rings is 2. The number of ether oxygens (including phenoxy) is 1. The first kappa shape index (κ1) is 16.7. The second-order valence-corrected chi connectivity index (χ2v) is 5.34. The van der Waals surface area contributed by atoms with Crippen molar-refractivity contribution >= 4 is 11.6 Å². The molecular formula is C19H22N2O2. The van der Waals surface area contributed by atoms with Crippen molar-refractivity contribution in [2.24, 2.45) is 5.10 Å². The van der Waals surface area contributed by atoms with Crippen LogP contribution < -0.4 is 10.2 Å². The van der Waals surface area contributed by atoms with E-state index in [0.29, 0.717) is 5.75 Å². The van der Waals surface area contributed by atoms with Gasteiger partial charge < -0.3 is 4.74 Å². The zero-order chi connectivity index (χ0) is 16.7. The molecule has 0 radical (unpaired) electrons. The molecule has 4 heteroatoms. The summed E-state index contributed by atoms with van der Waals surface area (Å²) >= 11 is 0. The lowest BCUT2D eigenvalue weighted by Gasteiger charge is -2.08. The van der Waals surface area contributed by atoms with Gasteiger partial charge in [-0.05, 0) is 43.0 Å². The van der Waals surface area contributed by atoms with Crippen molar-refractivity contribution < 1.29 is 9.53 Å². The van der Waals surface area contributed by atoms with Gasteiger partial charge in [-0.25, -0.2) is 5.43 Å². The molecule has 120 valence electrons. The highest BCUT2D eigenvalue weighted by atomic mass is 16.5. The van der Waals surface area contributed by atoms with Crippen LogP contribution in [-0.4, -0.2) is 18.2 Å². The SMILES string of the molecule is CCc1ccc(/C(C)=N\NC(=O)COc2ccccc2C)cc1. The van der Waals surface area contributed by atoms with Crippen LogP contribution >= 0.6 is 0 Å². The van der Waals surface area contributed by atoms with Gasteiger partial charge in [0.2, 0.25) is 0 Å². The number of hydrogen-bond acceptors (Lipinski definition) is 3. The predicted molar refractivity (Wildman–Crippen MR) is 92.8 cm³/mol. The first-order valence-corrected chi connectivity index (χ1v) is 7.71. The van der Waals surface area contributed by atoms with E-state index in [1.165, 1.54) is 5.56 Å². The first-order valence-electron chi connectivity index (χ1n) is 7.71. The molecule has 0 unspecified atom stereocenters. The summed E-state index contributed by atoms with van der Waals surface area (Å²) in [6.07, 6.45) is 1.00. The maximum atomic E-state index is 11.8. The molecule has 0 fully saturated rings. The Balaban J connectivity index is 1.88. The molecule has 0 aliphatic rings. The number of amides is 1. The summed E-state index contributed by atoms with van der Waals surface area (Å²) < 4.78 is 5.49. The van der Waals surface area contributed by atoms with Crippen molar-refractivity contribution in [2.75, 3.05) is 6.61 Å². The van der Waals surface area contributed by atoms with Crippen LogP contribution in [0.15, 0.2) is 53.6 Å². The van der Waals surface area contributed by atoms with E-state index in [2.05, 4.69) is 29.6 Å². The summed E-state index contributed by atoms with van der Waals surface area (Å²) in [5.74, 6) is 0.427. The van der Waals surface area contributed by atoms with Crippen molar-refractivity contribution in [3.05, 3.63) is 65.2 Å². The summed E-state index contributed by atoms with van der Waals surface area (Å²) in [5.41, 5.74) is 6.54. The molecule has 2 aromatic carbocycles. The monoisotopic (exact) mass is 310 g/mol. The van der Waals surface area contributed by atoms with Gasteiger partial charge in [-0.1, -0.05) is 49.4 Å². The molecule has 0 saturated carbocycles. The molecule has 0 heterocycles. The van der Waals surface area contributed by atoms with Gasteiger partial charge in [0.1, 0.15) is 5.75 Å². The van der Waals surface area contributed by atoms with Crippen LogP contribution in [0.3, 0.4) is 0 Å². The van der Waals surface area contributed by atoms with Gasteiger partial charge >= 0.3 is 0 Å². The topological polar surface area (TPSA) is 50.7 Å². The van der Waals surface area contributed by atoms with Gasteiger partial charge in [0.05, 0.1) is 5.71 Å². The van der Waals surface area contributed by atoms with E-state index in [1.54, 1.807) is 0 Å². The van der Waals surface area contributed by atoms with E-state index in [1.807, 2.05) is 50.2 Å². The van der Waals surface area contributed by atoms with Gasteiger partial charge in [-0.2, -0.15) is 5.10 Å². The third-order valence-electron chi connectivity index (χ3n) is 3.58. The Bertz CT molecular complexity index is 691. The molecule has 0 aliphatic carbocycles. The van der Waals surface area contributed by atoms with Gasteiger partial charge in [0, 0.05) is 0 Å². The lowest BCUT2D eigenvalue weighted by Crippen LogP contribution is -2.25. The first-order chi connectivity index (χ1) is 11.1. The van der Waals surface area contributed by atoms with Crippen LogP contribution in [0.25, 0.3) is 0 Å². The van der Waals surface area contributed by atoms with Crippen molar-refractivity contribution in [3.8, 4) is 5.75 Å². The minimum Gasteiger partial charge on any atom is -0.483 e. The van der Waals surface area contributed by atoms with Gasteiger partial charge in [0.15, 0.2) is 6.61 Å². The number of hydrogen-bond donors (Lipinski definition) is 1. The summed E-state index contributed by atoms with van der Waals surface area (Å²) in [7, 11) is 0. The number of hydrazone groups is 1. The number of aryl methyl sites for hydroxylation is 2. The lowest BCUT2D eigenvalue weighted by molar-refractivity contribution is -0.123. The molecule has 0 saturated heterocycles. The highest BCUT2D eigenvalue weighted by Gasteiger charge is 2.04. The fourth-order valence-electron chi connectivity index (χ4n) is 2.09. The van der Waals surface area contributed by atoms with Crippen LogP contribution in [0, 0.1) is 6.92 Å². The van der Waals surface area contributed by atoms with Crippen molar-refractivity contribution in [1.29, 1.82) is 0 Å². The minimum atomic E-state index is -0.280. The number of para-hydroxylation sites is 1. The van der Waals surface area contributed by atoms with Crippen LogP contribution in [0.1, 0.15) is 30.5 Å². The molecule has 2 rings (SSSR count). The van der Waals surface area contributed by atoms with Crippen molar-refractivity contribution in [1.82, 2.24) is 5.43 Å². The Morgan fingerprint density at radius 2 is 1.83 bits per heavy atom. The number of nitrogens with one attached hydrogen (secondary N) is 1. The Labute approximate surface area is 137 Å².